The molecule has 1 aromatic carbocycles. The zero-order valence-electron chi connectivity index (χ0n) is 15.5. The molecule has 27 heavy (non-hydrogen) atoms. The molecule has 0 saturated heterocycles. The molecule has 0 radical (unpaired) electrons. The Morgan fingerprint density at radius 2 is 2.04 bits per heavy atom. The Balaban J connectivity index is 0.00000364. The van der Waals surface area contributed by atoms with Crippen LogP contribution in [-0.4, -0.2) is 44.7 Å². The fourth-order valence-corrected chi connectivity index (χ4v) is 2.73. The molecule has 1 heterocycles. The molecule has 10 heteroatoms. The van der Waals surface area contributed by atoms with Gasteiger partial charge in [0.25, 0.3) is 0 Å². The highest BCUT2D eigenvalue weighted by atomic mass is 127. The average molecular weight is 511 g/mol. The summed E-state index contributed by atoms with van der Waals surface area (Å²) in [6.45, 7) is 3.91. The van der Waals surface area contributed by atoms with Gasteiger partial charge in [0.05, 0.1) is 18.8 Å². The van der Waals surface area contributed by atoms with Gasteiger partial charge in [-0.2, -0.15) is 0 Å². The van der Waals surface area contributed by atoms with Crippen LogP contribution in [0.4, 0.5) is 13.9 Å². The van der Waals surface area contributed by atoms with Crippen molar-refractivity contribution >= 4 is 46.4 Å². The second-order valence-electron chi connectivity index (χ2n) is 5.56. The van der Waals surface area contributed by atoms with Crippen LogP contribution < -0.4 is 20.3 Å². The lowest BCUT2D eigenvalue weighted by Gasteiger charge is -2.12. The van der Waals surface area contributed by atoms with Gasteiger partial charge in [-0.15, -0.1) is 35.3 Å². The summed E-state index contributed by atoms with van der Waals surface area (Å²) in [5.74, 6) is -0.894. The number of anilines is 1. The minimum atomic E-state index is -0.925. The number of ether oxygens (including phenoxy) is 1. The van der Waals surface area contributed by atoms with E-state index >= 15 is 0 Å². The van der Waals surface area contributed by atoms with E-state index in [0.717, 1.165) is 29.5 Å². The van der Waals surface area contributed by atoms with E-state index in [1.54, 1.807) is 11.3 Å². The van der Waals surface area contributed by atoms with Crippen LogP contribution in [0.25, 0.3) is 0 Å². The molecule has 0 spiro atoms. The molecule has 1 aromatic heterocycles. The predicted molar refractivity (Wildman–Crippen MR) is 117 cm³/mol. The molecule has 0 bridgehead atoms. The molecular weight excluding hydrogens is 487 g/mol. The largest absolute Gasteiger partial charge is 0.492 e. The Morgan fingerprint density at radius 3 is 2.67 bits per heavy atom. The van der Waals surface area contributed by atoms with Gasteiger partial charge < -0.3 is 20.3 Å². The van der Waals surface area contributed by atoms with Crippen LogP contribution in [0.5, 0.6) is 5.75 Å². The van der Waals surface area contributed by atoms with Crippen molar-refractivity contribution in [1.82, 2.24) is 15.6 Å². The number of aromatic nitrogens is 1. The van der Waals surface area contributed by atoms with E-state index in [1.165, 1.54) is 6.07 Å². The molecule has 0 unspecified atom stereocenters. The first-order valence-electron chi connectivity index (χ1n) is 8.21. The fraction of sp³-hybridized carbons (Fsp3) is 0.412. The van der Waals surface area contributed by atoms with Gasteiger partial charge in [0.1, 0.15) is 12.4 Å². The number of nitrogens with zero attached hydrogens (tertiary/aromatic N) is 3. The summed E-state index contributed by atoms with van der Waals surface area (Å²) in [5, 5.41) is 9.18. The van der Waals surface area contributed by atoms with Crippen molar-refractivity contribution in [2.75, 3.05) is 38.7 Å². The molecule has 6 nitrogen and oxygen atoms in total. The molecule has 0 aliphatic heterocycles. The van der Waals surface area contributed by atoms with Crippen LogP contribution >= 0.6 is 35.3 Å². The van der Waals surface area contributed by atoms with Crippen molar-refractivity contribution in [3.8, 4) is 5.75 Å². The van der Waals surface area contributed by atoms with Crippen LogP contribution in [0.1, 0.15) is 12.6 Å². The Kier molecular flexibility index (Phi) is 10.3. The van der Waals surface area contributed by atoms with Gasteiger partial charge in [0.2, 0.25) is 0 Å². The molecule has 0 saturated carbocycles. The van der Waals surface area contributed by atoms with Gasteiger partial charge in [-0.25, -0.2) is 18.8 Å². The summed E-state index contributed by atoms with van der Waals surface area (Å²) in [6.07, 6.45) is 0. The minimum absolute atomic E-state index is 0. The van der Waals surface area contributed by atoms with E-state index < -0.39 is 11.6 Å². The number of thiazole rings is 1. The smallest absolute Gasteiger partial charge is 0.191 e. The molecule has 2 aromatic rings. The van der Waals surface area contributed by atoms with E-state index in [-0.39, 0.29) is 36.3 Å². The number of guanidine groups is 1. The van der Waals surface area contributed by atoms with E-state index in [2.05, 4.69) is 20.6 Å². The maximum atomic E-state index is 13.1. The second-order valence-corrected chi connectivity index (χ2v) is 6.40. The van der Waals surface area contributed by atoms with Gasteiger partial charge in [0, 0.05) is 32.1 Å². The number of hydrogen-bond donors (Lipinski definition) is 2. The molecule has 0 amide bonds. The third-order valence-electron chi connectivity index (χ3n) is 3.22. The van der Waals surface area contributed by atoms with Crippen LogP contribution in [-0.2, 0) is 6.54 Å². The summed E-state index contributed by atoms with van der Waals surface area (Å²) < 4.78 is 31.4. The van der Waals surface area contributed by atoms with E-state index in [4.69, 9.17) is 4.74 Å². The Morgan fingerprint density at radius 1 is 1.26 bits per heavy atom. The molecule has 0 atom stereocenters. The summed E-state index contributed by atoms with van der Waals surface area (Å²) >= 11 is 1.57. The van der Waals surface area contributed by atoms with Crippen LogP contribution in [0.2, 0.25) is 0 Å². The quantitative estimate of drug-likeness (QED) is 0.247. The number of benzene rings is 1. The molecule has 0 aliphatic carbocycles. The number of hydrogen-bond acceptors (Lipinski definition) is 5. The maximum Gasteiger partial charge on any atom is 0.191 e. The SMILES string of the molecule is CCNC(=NCc1csc(N(C)C)n1)NCCOc1ccc(F)c(F)c1.I. The summed E-state index contributed by atoms with van der Waals surface area (Å²) in [4.78, 5) is 10.9. The lowest BCUT2D eigenvalue weighted by atomic mass is 10.3. The average Bonchev–Trinajstić information content (AvgIpc) is 3.09. The number of halogens is 3. The summed E-state index contributed by atoms with van der Waals surface area (Å²) in [6, 6.07) is 3.46. The topological polar surface area (TPSA) is 61.8 Å². The monoisotopic (exact) mass is 511 g/mol. The van der Waals surface area contributed by atoms with Crippen molar-refractivity contribution < 1.29 is 13.5 Å². The van der Waals surface area contributed by atoms with Gasteiger partial charge in [-0.3, -0.25) is 0 Å². The Bertz CT molecular complexity index is 742. The lowest BCUT2D eigenvalue weighted by molar-refractivity contribution is 0.318. The van der Waals surface area contributed by atoms with Gasteiger partial charge in [0.15, 0.2) is 22.7 Å². The van der Waals surface area contributed by atoms with E-state index in [1.807, 2.05) is 31.3 Å². The molecule has 2 rings (SSSR count). The minimum Gasteiger partial charge on any atom is -0.492 e. The summed E-state index contributed by atoms with van der Waals surface area (Å²) in [7, 11) is 3.90. The fourth-order valence-electron chi connectivity index (χ4n) is 1.98. The van der Waals surface area contributed by atoms with Gasteiger partial charge in [-0.05, 0) is 19.1 Å². The van der Waals surface area contributed by atoms with Crippen molar-refractivity contribution in [2.45, 2.75) is 13.5 Å². The molecule has 0 aliphatic rings. The van der Waals surface area contributed by atoms with Crippen molar-refractivity contribution in [1.29, 1.82) is 0 Å². The molecule has 2 N–H and O–H groups in total. The highest BCUT2D eigenvalue weighted by Gasteiger charge is 2.05. The van der Waals surface area contributed by atoms with Gasteiger partial charge in [-0.1, -0.05) is 0 Å². The van der Waals surface area contributed by atoms with E-state index in [0.29, 0.717) is 19.0 Å². The normalized spacial score (nSPS) is 10.9. The first-order chi connectivity index (χ1) is 12.5. The second kappa shape index (κ2) is 11.9. The predicted octanol–water partition coefficient (Wildman–Crippen LogP) is 3.24. The molecule has 150 valence electrons. The Hall–Kier alpha value is -1.69. The first-order valence-corrected chi connectivity index (χ1v) is 9.09. The highest BCUT2D eigenvalue weighted by molar-refractivity contribution is 14.0. The third kappa shape index (κ3) is 7.83. The van der Waals surface area contributed by atoms with Crippen molar-refractivity contribution in [3.05, 3.63) is 40.9 Å². The van der Waals surface area contributed by atoms with Crippen molar-refractivity contribution in [2.24, 2.45) is 4.99 Å². The van der Waals surface area contributed by atoms with Gasteiger partial charge >= 0.3 is 0 Å². The standard InChI is InChI=1S/C17H23F2N5OS.HI/c1-4-20-16(22-10-12-11-26-17(23-12)24(2)3)21-7-8-25-13-5-6-14(18)15(19)9-13;/h5-6,9,11H,4,7-8,10H2,1-3H3,(H2,20,21,22);1H. The van der Waals surface area contributed by atoms with Crippen LogP contribution in [0, 0.1) is 11.6 Å². The summed E-state index contributed by atoms with van der Waals surface area (Å²) in [5.41, 5.74) is 0.897. The maximum absolute atomic E-state index is 13.1. The molecule has 0 fully saturated rings. The zero-order valence-corrected chi connectivity index (χ0v) is 18.6. The van der Waals surface area contributed by atoms with Crippen LogP contribution in [0.3, 0.4) is 0 Å². The molecular formula is C17H24F2IN5OS. The number of nitrogens with one attached hydrogen (secondary N) is 2. The Labute approximate surface area is 179 Å². The van der Waals surface area contributed by atoms with Crippen molar-refractivity contribution in [3.63, 3.8) is 0 Å². The third-order valence-corrected chi connectivity index (χ3v) is 4.28. The number of rotatable bonds is 8. The highest BCUT2D eigenvalue weighted by Crippen LogP contribution is 2.18. The lowest BCUT2D eigenvalue weighted by Crippen LogP contribution is -2.39. The first kappa shape index (κ1) is 23.3. The van der Waals surface area contributed by atoms with Crippen LogP contribution in [0.15, 0.2) is 28.6 Å². The number of aliphatic imine (C=N–C) groups is 1. The zero-order chi connectivity index (χ0) is 18.9. The van der Waals surface area contributed by atoms with E-state index in [9.17, 15) is 8.78 Å².